The smallest absolute Gasteiger partial charge is 0.407 e. The van der Waals surface area contributed by atoms with E-state index in [1.807, 2.05) is 115 Å². The van der Waals surface area contributed by atoms with Crippen LogP contribution in [0.2, 0.25) is 0 Å². The number of fused-ring (bicyclic) bond motifs is 3. The number of amides is 2. The quantitative estimate of drug-likeness (QED) is 0.0943. The van der Waals surface area contributed by atoms with Gasteiger partial charge in [-0.3, -0.25) is 9.63 Å². The van der Waals surface area contributed by atoms with Crippen LogP contribution in [0, 0.1) is 0 Å². The van der Waals surface area contributed by atoms with Crippen LogP contribution in [0.5, 0.6) is 0 Å². The molecule has 0 fully saturated rings. The van der Waals surface area contributed by atoms with E-state index in [0.29, 0.717) is 0 Å². The number of ether oxygens (including phenoxy) is 1. The lowest BCUT2D eigenvalue weighted by atomic mass is 9.80. The molecular formula is C39H34N2O4. The van der Waals surface area contributed by atoms with Crippen LogP contribution in [-0.2, 0) is 20.0 Å². The summed E-state index contributed by atoms with van der Waals surface area (Å²) in [5.74, 6) is -0.628. The van der Waals surface area contributed by atoms with E-state index in [0.717, 1.165) is 38.9 Å². The molecule has 0 saturated heterocycles. The molecule has 6 rings (SSSR count). The average Bonchev–Trinajstić information content (AvgIpc) is 3.42. The van der Waals surface area contributed by atoms with E-state index in [1.54, 1.807) is 6.08 Å². The number of rotatable bonds is 11. The molecule has 2 N–H and O–H groups in total. The molecule has 224 valence electrons. The number of carbonyl (C=O) groups excluding carboxylic acids is 2. The maximum Gasteiger partial charge on any atom is 0.407 e. The maximum atomic E-state index is 13.6. The van der Waals surface area contributed by atoms with Crippen molar-refractivity contribution in [1.29, 1.82) is 0 Å². The number of carbonyl (C=O) groups is 2. The van der Waals surface area contributed by atoms with Crippen LogP contribution in [-0.4, -0.2) is 24.6 Å². The molecule has 0 heterocycles. The van der Waals surface area contributed by atoms with Crippen molar-refractivity contribution in [2.24, 2.45) is 0 Å². The molecule has 1 atom stereocenters. The summed E-state index contributed by atoms with van der Waals surface area (Å²) in [5.41, 5.74) is 8.49. The Kier molecular flexibility index (Phi) is 8.85. The van der Waals surface area contributed by atoms with Crippen LogP contribution >= 0.6 is 0 Å². The molecule has 0 aromatic heterocycles. The first-order chi connectivity index (χ1) is 22.1. The van der Waals surface area contributed by atoms with Gasteiger partial charge in [-0.05, 0) is 45.4 Å². The van der Waals surface area contributed by atoms with Gasteiger partial charge in [0.05, 0.1) is 0 Å². The van der Waals surface area contributed by atoms with Gasteiger partial charge in [-0.2, -0.15) is 0 Å². The van der Waals surface area contributed by atoms with Crippen LogP contribution in [0.4, 0.5) is 4.79 Å². The first kappa shape index (κ1) is 29.6. The summed E-state index contributed by atoms with van der Waals surface area (Å²) >= 11 is 0. The highest BCUT2D eigenvalue weighted by atomic mass is 16.7. The summed E-state index contributed by atoms with van der Waals surface area (Å²) in [4.78, 5) is 33.2. The van der Waals surface area contributed by atoms with Crippen molar-refractivity contribution in [1.82, 2.24) is 10.8 Å². The first-order valence-electron chi connectivity index (χ1n) is 15.0. The number of hydrogen-bond donors (Lipinski definition) is 2. The Labute approximate surface area is 263 Å². The zero-order valence-electron chi connectivity index (χ0n) is 24.8. The molecule has 1 unspecified atom stereocenters. The zero-order chi connectivity index (χ0) is 31.1. The highest BCUT2D eigenvalue weighted by Crippen LogP contribution is 2.44. The second-order valence-corrected chi connectivity index (χ2v) is 10.9. The van der Waals surface area contributed by atoms with Crippen LogP contribution in [0.1, 0.15) is 40.2 Å². The molecule has 5 aromatic rings. The summed E-state index contributed by atoms with van der Waals surface area (Å²) in [6.45, 7) is 3.92. The van der Waals surface area contributed by atoms with Crippen LogP contribution in [0.25, 0.3) is 11.1 Å². The molecule has 0 saturated carbocycles. The van der Waals surface area contributed by atoms with Gasteiger partial charge >= 0.3 is 6.09 Å². The molecule has 6 heteroatoms. The van der Waals surface area contributed by atoms with Gasteiger partial charge in [-0.25, -0.2) is 10.3 Å². The number of nitrogens with one attached hydrogen (secondary N) is 2. The molecule has 1 aliphatic carbocycles. The summed E-state index contributed by atoms with van der Waals surface area (Å²) in [5, 5.41) is 2.72. The number of hydrogen-bond acceptors (Lipinski definition) is 4. The second kappa shape index (κ2) is 13.5. The van der Waals surface area contributed by atoms with Crippen LogP contribution in [0.15, 0.2) is 152 Å². The monoisotopic (exact) mass is 594 g/mol. The molecule has 0 aliphatic heterocycles. The standard InChI is InChI=1S/C39H34N2O4/c1-2-16-36(40-38(43)44-27-35-33-25-14-12-23-31(33)32-24-13-15-26-34(32)35)37(42)41-45-39(28-17-6-3-7-18-28,29-19-8-4-9-20-29)30-21-10-5-11-22-30/h2-15,17-26,35-36H,1,16,27H2,(H,40,43)(H,41,42). The topological polar surface area (TPSA) is 76.7 Å². The van der Waals surface area contributed by atoms with E-state index in [-0.39, 0.29) is 18.9 Å². The van der Waals surface area contributed by atoms with E-state index in [4.69, 9.17) is 9.57 Å². The third kappa shape index (κ3) is 6.01. The Balaban J connectivity index is 1.20. The molecule has 45 heavy (non-hydrogen) atoms. The molecule has 1 aliphatic rings. The largest absolute Gasteiger partial charge is 0.449 e. The third-order valence-electron chi connectivity index (χ3n) is 8.20. The Morgan fingerprint density at radius 1 is 0.689 bits per heavy atom. The highest BCUT2D eigenvalue weighted by molar-refractivity contribution is 5.85. The summed E-state index contributed by atoms with van der Waals surface area (Å²) in [7, 11) is 0. The lowest BCUT2D eigenvalue weighted by Crippen LogP contribution is -2.49. The molecular weight excluding hydrogens is 560 g/mol. The Morgan fingerprint density at radius 3 is 1.60 bits per heavy atom. The lowest BCUT2D eigenvalue weighted by Gasteiger charge is -2.35. The predicted molar refractivity (Wildman–Crippen MR) is 175 cm³/mol. The molecule has 6 nitrogen and oxygen atoms in total. The average molecular weight is 595 g/mol. The fourth-order valence-corrected chi connectivity index (χ4v) is 6.07. The van der Waals surface area contributed by atoms with Gasteiger partial charge < -0.3 is 10.1 Å². The van der Waals surface area contributed by atoms with Crippen LogP contribution < -0.4 is 10.8 Å². The molecule has 2 amide bonds. The van der Waals surface area contributed by atoms with Gasteiger partial charge in [-0.1, -0.05) is 146 Å². The van der Waals surface area contributed by atoms with Crippen LogP contribution in [0.3, 0.4) is 0 Å². The highest BCUT2D eigenvalue weighted by Gasteiger charge is 2.39. The van der Waals surface area contributed by atoms with Gasteiger partial charge in [0.15, 0.2) is 5.60 Å². The fraction of sp³-hybridized carbons (Fsp3) is 0.128. The Hall–Kier alpha value is -5.46. The van der Waals surface area contributed by atoms with Gasteiger partial charge in [0, 0.05) is 5.92 Å². The number of benzene rings is 5. The summed E-state index contributed by atoms with van der Waals surface area (Å²) in [6, 6.07) is 44.5. The van der Waals surface area contributed by atoms with Crippen molar-refractivity contribution in [2.75, 3.05) is 6.61 Å². The van der Waals surface area contributed by atoms with Crippen molar-refractivity contribution >= 4 is 12.0 Å². The van der Waals surface area contributed by atoms with Crippen molar-refractivity contribution in [3.63, 3.8) is 0 Å². The lowest BCUT2D eigenvalue weighted by molar-refractivity contribution is -0.145. The number of alkyl carbamates (subject to hydrolysis) is 1. The Bertz CT molecular complexity index is 1630. The minimum atomic E-state index is -1.16. The molecule has 0 radical (unpaired) electrons. The first-order valence-corrected chi connectivity index (χ1v) is 15.0. The summed E-state index contributed by atoms with van der Waals surface area (Å²) in [6.07, 6.45) is 1.06. The van der Waals surface area contributed by atoms with Crippen molar-refractivity contribution in [2.45, 2.75) is 24.0 Å². The molecule has 0 spiro atoms. The third-order valence-corrected chi connectivity index (χ3v) is 8.20. The SMILES string of the molecule is C=CCC(NC(=O)OCC1c2ccccc2-c2ccccc21)C(=O)NOC(c1ccccc1)(c1ccccc1)c1ccccc1. The Morgan fingerprint density at radius 2 is 1.13 bits per heavy atom. The van der Waals surface area contributed by atoms with Gasteiger partial charge in [0.25, 0.3) is 5.91 Å². The predicted octanol–water partition coefficient (Wildman–Crippen LogP) is 7.51. The number of hydroxylamine groups is 1. The van der Waals surface area contributed by atoms with E-state index >= 15 is 0 Å². The van der Waals surface area contributed by atoms with E-state index in [9.17, 15) is 9.59 Å². The van der Waals surface area contributed by atoms with Gasteiger partial charge in [0.1, 0.15) is 12.6 Å². The zero-order valence-corrected chi connectivity index (χ0v) is 24.8. The van der Waals surface area contributed by atoms with E-state index in [2.05, 4.69) is 41.6 Å². The maximum absolute atomic E-state index is 13.6. The van der Waals surface area contributed by atoms with Gasteiger partial charge in [0.2, 0.25) is 0 Å². The fourth-order valence-electron chi connectivity index (χ4n) is 6.07. The second-order valence-electron chi connectivity index (χ2n) is 10.9. The molecule has 5 aromatic carbocycles. The van der Waals surface area contributed by atoms with Crippen molar-refractivity contribution in [3.8, 4) is 11.1 Å². The van der Waals surface area contributed by atoms with E-state index in [1.165, 1.54) is 0 Å². The minimum absolute atomic E-state index is 0.0959. The van der Waals surface area contributed by atoms with Crippen molar-refractivity contribution in [3.05, 3.63) is 180 Å². The van der Waals surface area contributed by atoms with E-state index < -0.39 is 23.6 Å². The normalized spacial score (nSPS) is 12.8. The van der Waals surface area contributed by atoms with Gasteiger partial charge in [-0.15, -0.1) is 6.58 Å². The van der Waals surface area contributed by atoms with Crippen molar-refractivity contribution < 1.29 is 19.2 Å². The minimum Gasteiger partial charge on any atom is -0.449 e. The molecule has 0 bridgehead atoms. The summed E-state index contributed by atoms with van der Waals surface area (Å²) < 4.78 is 5.71.